The van der Waals surface area contributed by atoms with E-state index in [9.17, 15) is 4.79 Å². The number of hydrogen-bond donors (Lipinski definition) is 1. The summed E-state index contributed by atoms with van der Waals surface area (Å²) in [7, 11) is 1.89. The molecule has 5 nitrogen and oxygen atoms in total. The van der Waals surface area contributed by atoms with Crippen LogP contribution in [0, 0.1) is 13.8 Å². The molecule has 0 aliphatic rings. The predicted octanol–water partition coefficient (Wildman–Crippen LogP) is 5.26. The molecule has 5 heteroatoms. The Morgan fingerprint density at radius 3 is 2.56 bits per heavy atom. The maximum absolute atomic E-state index is 11.6. The number of aryl methyl sites for hydroxylation is 3. The third-order valence-corrected chi connectivity index (χ3v) is 5.99. The minimum absolute atomic E-state index is 0.129. The van der Waals surface area contributed by atoms with Gasteiger partial charge in [-0.2, -0.15) is 4.99 Å². The van der Waals surface area contributed by atoms with Gasteiger partial charge in [-0.15, -0.1) is 0 Å². The minimum atomic E-state index is 0.129. The molecule has 1 heterocycles. The highest BCUT2D eigenvalue weighted by Crippen LogP contribution is 2.24. The third-order valence-electron chi connectivity index (χ3n) is 5.99. The number of fused-ring (bicyclic) bond motifs is 1. The fourth-order valence-electron chi connectivity index (χ4n) is 4.02. The van der Waals surface area contributed by atoms with E-state index in [0.29, 0.717) is 11.9 Å². The fourth-order valence-corrected chi connectivity index (χ4v) is 4.02. The molecule has 0 spiro atoms. The second kappa shape index (κ2) is 10.9. The summed E-state index contributed by atoms with van der Waals surface area (Å²) in [6.07, 6.45) is 6.59. The first-order valence-electron chi connectivity index (χ1n) is 11.4. The number of rotatable bonds is 9. The highest BCUT2D eigenvalue weighted by atomic mass is 16.1. The lowest BCUT2D eigenvalue weighted by Gasteiger charge is -2.22. The molecule has 1 unspecified atom stereocenters. The van der Waals surface area contributed by atoms with Crippen molar-refractivity contribution in [3.63, 3.8) is 0 Å². The van der Waals surface area contributed by atoms with Gasteiger partial charge in [0, 0.05) is 13.1 Å². The largest absolute Gasteiger partial charge is 0.387 e. The van der Waals surface area contributed by atoms with E-state index in [2.05, 4.69) is 85.0 Å². The molecule has 2 aromatic carbocycles. The lowest BCUT2D eigenvalue weighted by molar-refractivity contribution is -0.107. The molecular weight excluding hydrogens is 396 g/mol. The molecule has 0 aliphatic heterocycles. The van der Waals surface area contributed by atoms with Crippen molar-refractivity contribution in [3.05, 3.63) is 76.4 Å². The van der Waals surface area contributed by atoms with E-state index in [1.165, 1.54) is 16.7 Å². The van der Waals surface area contributed by atoms with Crippen LogP contribution in [-0.2, 0) is 11.2 Å². The maximum atomic E-state index is 11.6. The Bertz CT molecular complexity index is 1180. The minimum Gasteiger partial charge on any atom is -0.387 e. The van der Waals surface area contributed by atoms with Gasteiger partial charge in [-0.1, -0.05) is 49.8 Å². The van der Waals surface area contributed by atoms with Crippen LogP contribution in [0.1, 0.15) is 61.5 Å². The number of carbonyl (C=O) groups is 1. The summed E-state index contributed by atoms with van der Waals surface area (Å²) in [4.78, 5) is 20.9. The average molecular weight is 431 g/mol. The van der Waals surface area contributed by atoms with E-state index in [0.717, 1.165) is 48.1 Å². The quantitative estimate of drug-likeness (QED) is 0.471. The van der Waals surface area contributed by atoms with Crippen LogP contribution in [0.15, 0.2) is 53.5 Å². The third kappa shape index (κ3) is 5.16. The van der Waals surface area contributed by atoms with Gasteiger partial charge in [0.05, 0.1) is 16.7 Å². The van der Waals surface area contributed by atoms with Crippen LogP contribution < -0.4 is 10.8 Å². The number of aromatic nitrogens is 2. The molecule has 1 atom stereocenters. The van der Waals surface area contributed by atoms with Gasteiger partial charge in [-0.05, 0) is 68.9 Å². The number of benzene rings is 2. The summed E-state index contributed by atoms with van der Waals surface area (Å²) in [6.45, 7) is 8.56. The van der Waals surface area contributed by atoms with Crippen molar-refractivity contribution in [1.82, 2.24) is 14.9 Å². The number of hydrogen-bond acceptors (Lipinski definition) is 3. The molecule has 0 fully saturated rings. The van der Waals surface area contributed by atoms with Crippen molar-refractivity contribution in [1.29, 1.82) is 0 Å². The first kappa shape index (κ1) is 23.5. The van der Waals surface area contributed by atoms with Crippen molar-refractivity contribution in [2.45, 2.75) is 59.4 Å². The van der Waals surface area contributed by atoms with Crippen LogP contribution >= 0.6 is 0 Å². The molecule has 3 rings (SSSR count). The van der Waals surface area contributed by atoms with Gasteiger partial charge in [0.15, 0.2) is 5.49 Å². The SMILES string of the molecule is CCC/C=C(/NC)c1nc2cc(C)c(C)cc2n(C(C)CCc2ccccc2)c1=NC=O. The van der Waals surface area contributed by atoms with Crippen molar-refractivity contribution in [2.75, 3.05) is 7.05 Å². The molecule has 32 heavy (non-hydrogen) atoms. The molecular formula is C27H34N4O. The van der Waals surface area contributed by atoms with E-state index in [1.54, 1.807) is 0 Å². The van der Waals surface area contributed by atoms with E-state index in [4.69, 9.17) is 4.98 Å². The maximum Gasteiger partial charge on any atom is 0.234 e. The Balaban J connectivity index is 2.24. The molecule has 168 valence electrons. The first-order chi connectivity index (χ1) is 15.5. The number of nitrogens with zero attached hydrogens (tertiary/aromatic N) is 3. The Labute approximate surface area is 190 Å². The molecule has 0 aliphatic carbocycles. The number of unbranched alkanes of at least 4 members (excludes halogenated alkanes) is 1. The second-order valence-electron chi connectivity index (χ2n) is 8.34. The standard InChI is InChI=1S/C27H34N4O/c1-6-7-13-23(28-5)26-27(29-18-32)31(21(4)14-15-22-11-9-8-10-12-22)25-17-20(3)19(2)16-24(25)30-26/h8-13,16-18,21,28H,6-7,14-15H2,1-5H3/b23-13+,29-27?. The van der Waals surface area contributed by atoms with Crippen LogP contribution in [-0.4, -0.2) is 23.0 Å². The molecule has 0 radical (unpaired) electrons. The summed E-state index contributed by atoms with van der Waals surface area (Å²) in [6, 6.07) is 14.9. The van der Waals surface area contributed by atoms with Crippen LogP contribution in [0.2, 0.25) is 0 Å². The number of amides is 1. The summed E-state index contributed by atoms with van der Waals surface area (Å²) >= 11 is 0. The van der Waals surface area contributed by atoms with Crippen LogP contribution in [0.4, 0.5) is 0 Å². The number of allylic oxidation sites excluding steroid dienone is 1. The van der Waals surface area contributed by atoms with E-state index >= 15 is 0 Å². The summed E-state index contributed by atoms with van der Waals surface area (Å²) in [5.74, 6) is 0. The summed E-state index contributed by atoms with van der Waals surface area (Å²) in [5.41, 5.74) is 7.84. The molecule has 3 aromatic rings. The summed E-state index contributed by atoms with van der Waals surface area (Å²) < 4.78 is 2.19. The van der Waals surface area contributed by atoms with Gasteiger partial charge < -0.3 is 9.88 Å². The monoisotopic (exact) mass is 430 g/mol. The van der Waals surface area contributed by atoms with Gasteiger partial charge >= 0.3 is 0 Å². The predicted molar refractivity (Wildman–Crippen MR) is 132 cm³/mol. The molecule has 1 N–H and O–H groups in total. The van der Waals surface area contributed by atoms with Crippen molar-refractivity contribution >= 4 is 23.1 Å². The van der Waals surface area contributed by atoms with Crippen molar-refractivity contribution in [2.24, 2.45) is 4.99 Å². The zero-order valence-electron chi connectivity index (χ0n) is 19.9. The topological polar surface area (TPSA) is 59.3 Å². The highest BCUT2D eigenvalue weighted by Gasteiger charge is 2.17. The molecule has 0 saturated heterocycles. The normalized spacial score (nSPS) is 13.4. The van der Waals surface area contributed by atoms with Gasteiger partial charge in [-0.25, -0.2) is 4.98 Å². The highest BCUT2D eigenvalue weighted by molar-refractivity contribution is 5.79. The number of carbonyl (C=O) groups excluding carboxylic acids is 1. The van der Waals surface area contributed by atoms with Gasteiger partial charge in [0.2, 0.25) is 6.41 Å². The van der Waals surface area contributed by atoms with Crippen molar-refractivity contribution in [3.8, 4) is 0 Å². The summed E-state index contributed by atoms with van der Waals surface area (Å²) in [5, 5.41) is 3.28. The van der Waals surface area contributed by atoms with Crippen LogP contribution in [0.5, 0.6) is 0 Å². The zero-order chi connectivity index (χ0) is 23.1. The van der Waals surface area contributed by atoms with E-state index in [1.807, 2.05) is 13.1 Å². The first-order valence-corrected chi connectivity index (χ1v) is 11.4. The Morgan fingerprint density at radius 1 is 1.19 bits per heavy atom. The van der Waals surface area contributed by atoms with E-state index in [-0.39, 0.29) is 6.04 Å². The van der Waals surface area contributed by atoms with Gasteiger partial charge in [-0.3, -0.25) is 4.79 Å². The van der Waals surface area contributed by atoms with E-state index < -0.39 is 0 Å². The van der Waals surface area contributed by atoms with Crippen LogP contribution in [0.25, 0.3) is 16.7 Å². The zero-order valence-corrected chi connectivity index (χ0v) is 19.9. The van der Waals surface area contributed by atoms with Gasteiger partial charge in [0.25, 0.3) is 0 Å². The Morgan fingerprint density at radius 2 is 1.91 bits per heavy atom. The average Bonchev–Trinajstić information content (AvgIpc) is 2.80. The lowest BCUT2D eigenvalue weighted by Crippen LogP contribution is -2.31. The van der Waals surface area contributed by atoms with Crippen LogP contribution in [0.3, 0.4) is 0 Å². The smallest absolute Gasteiger partial charge is 0.234 e. The Hall–Kier alpha value is -3.21. The Kier molecular flexibility index (Phi) is 7.98. The lowest BCUT2D eigenvalue weighted by atomic mass is 10.0. The fraction of sp³-hybridized carbons (Fsp3) is 0.370. The van der Waals surface area contributed by atoms with Gasteiger partial charge in [0.1, 0.15) is 5.69 Å². The molecule has 0 bridgehead atoms. The molecule has 1 amide bonds. The number of nitrogens with one attached hydrogen (secondary N) is 1. The van der Waals surface area contributed by atoms with Crippen molar-refractivity contribution < 1.29 is 4.79 Å². The second-order valence-corrected chi connectivity index (χ2v) is 8.34. The molecule has 0 saturated carbocycles. The molecule has 1 aromatic heterocycles.